The summed E-state index contributed by atoms with van der Waals surface area (Å²) < 4.78 is 4.99. The van der Waals surface area contributed by atoms with Crippen molar-refractivity contribution in [2.75, 3.05) is 5.32 Å². The number of carbonyl (C=O) groups is 2. The maximum Gasteiger partial charge on any atom is 0.335 e. The maximum atomic E-state index is 12.8. The third kappa shape index (κ3) is 4.98. The van der Waals surface area contributed by atoms with Crippen LogP contribution in [0.5, 0.6) is 0 Å². The molecule has 0 aliphatic rings. The van der Waals surface area contributed by atoms with E-state index in [-0.39, 0.29) is 11.5 Å². The highest BCUT2D eigenvalue weighted by atomic mass is 32.2. The fraction of sp³-hybridized carbons (Fsp3) is 0.150. The van der Waals surface area contributed by atoms with Gasteiger partial charge in [0.25, 0.3) is 0 Å². The summed E-state index contributed by atoms with van der Waals surface area (Å²) >= 11 is 1.46. The van der Waals surface area contributed by atoms with Gasteiger partial charge in [-0.1, -0.05) is 47.6 Å². The predicted octanol–water partition coefficient (Wildman–Crippen LogP) is 4.29. The van der Waals surface area contributed by atoms with Gasteiger partial charge >= 0.3 is 5.97 Å². The van der Waals surface area contributed by atoms with Gasteiger partial charge in [0.2, 0.25) is 5.91 Å². The fourth-order valence-corrected chi connectivity index (χ4v) is 3.60. The minimum atomic E-state index is -0.960. The number of carbonyl (C=O) groups excluding carboxylic acids is 1. The van der Waals surface area contributed by atoms with Crippen LogP contribution in [0.2, 0.25) is 0 Å². The standard InChI is InChI=1S/C20H18N2O4S/c1-13-11-17(22-26-13)21-19(23)18(15-5-3-2-4-6-15)27-12-14-7-9-16(10-8-14)20(24)25/h2-11,18H,12H2,1H3,(H,24,25)(H,21,22,23)/t18-/m1/s1. The van der Waals surface area contributed by atoms with Crippen molar-refractivity contribution in [1.82, 2.24) is 5.16 Å². The summed E-state index contributed by atoms with van der Waals surface area (Å²) in [6.45, 7) is 1.76. The average Bonchev–Trinajstić information content (AvgIpc) is 3.08. The van der Waals surface area contributed by atoms with Crippen LogP contribution >= 0.6 is 11.8 Å². The average molecular weight is 382 g/mol. The van der Waals surface area contributed by atoms with Crippen LogP contribution in [0, 0.1) is 6.92 Å². The highest BCUT2D eigenvalue weighted by Gasteiger charge is 2.22. The van der Waals surface area contributed by atoms with Crippen LogP contribution in [-0.4, -0.2) is 22.1 Å². The molecule has 0 fully saturated rings. The van der Waals surface area contributed by atoms with E-state index in [4.69, 9.17) is 9.63 Å². The number of amides is 1. The Hall–Kier alpha value is -3.06. The van der Waals surface area contributed by atoms with Gasteiger partial charge < -0.3 is 14.9 Å². The molecule has 0 spiro atoms. The normalized spacial score (nSPS) is 11.7. The summed E-state index contributed by atoms with van der Waals surface area (Å²) in [7, 11) is 0. The molecule has 0 aliphatic carbocycles. The van der Waals surface area contributed by atoms with E-state index < -0.39 is 11.2 Å². The Morgan fingerprint density at radius 1 is 1.15 bits per heavy atom. The van der Waals surface area contributed by atoms with Gasteiger partial charge in [-0.2, -0.15) is 0 Å². The van der Waals surface area contributed by atoms with Crippen molar-refractivity contribution in [3.63, 3.8) is 0 Å². The summed E-state index contributed by atoms with van der Waals surface area (Å²) in [6, 6.07) is 17.8. The smallest absolute Gasteiger partial charge is 0.335 e. The largest absolute Gasteiger partial charge is 0.478 e. The molecule has 27 heavy (non-hydrogen) atoms. The van der Waals surface area contributed by atoms with Gasteiger partial charge in [0.05, 0.1) is 5.56 Å². The van der Waals surface area contributed by atoms with E-state index in [1.54, 1.807) is 37.3 Å². The second kappa shape index (κ2) is 8.55. The molecule has 0 radical (unpaired) electrons. The van der Waals surface area contributed by atoms with Crippen molar-refractivity contribution in [3.8, 4) is 0 Å². The van der Waals surface area contributed by atoms with Crippen LogP contribution in [-0.2, 0) is 10.5 Å². The van der Waals surface area contributed by atoms with Crippen molar-refractivity contribution in [1.29, 1.82) is 0 Å². The van der Waals surface area contributed by atoms with Gasteiger partial charge in [0.15, 0.2) is 5.82 Å². The SMILES string of the molecule is Cc1cc(NC(=O)[C@H](SCc2ccc(C(=O)O)cc2)c2ccccc2)no1. The lowest BCUT2D eigenvalue weighted by atomic mass is 10.1. The van der Waals surface area contributed by atoms with Crippen LogP contribution < -0.4 is 5.32 Å². The minimum absolute atomic E-state index is 0.193. The van der Waals surface area contributed by atoms with Gasteiger partial charge in [-0.3, -0.25) is 4.79 Å². The molecule has 7 heteroatoms. The first-order chi connectivity index (χ1) is 13.0. The molecule has 6 nitrogen and oxygen atoms in total. The van der Waals surface area contributed by atoms with Gasteiger partial charge in [-0.15, -0.1) is 11.8 Å². The number of anilines is 1. The maximum absolute atomic E-state index is 12.8. The number of aryl methyl sites for hydroxylation is 1. The molecule has 3 aromatic rings. The second-order valence-electron chi connectivity index (χ2n) is 5.92. The summed E-state index contributed by atoms with van der Waals surface area (Å²) in [6.07, 6.45) is 0. The van der Waals surface area contributed by atoms with Crippen molar-refractivity contribution in [2.24, 2.45) is 0 Å². The number of rotatable bonds is 7. The van der Waals surface area contributed by atoms with Crippen LogP contribution in [0.15, 0.2) is 65.2 Å². The number of hydrogen-bond donors (Lipinski definition) is 2. The van der Waals surface area contributed by atoms with Gasteiger partial charge in [0.1, 0.15) is 11.0 Å². The number of nitrogens with zero attached hydrogens (tertiary/aromatic N) is 1. The first-order valence-electron chi connectivity index (χ1n) is 8.26. The second-order valence-corrected chi connectivity index (χ2v) is 7.01. The number of benzene rings is 2. The monoisotopic (exact) mass is 382 g/mol. The van der Waals surface area contributed by atoms with Crippen LogP contribution in [0.4, 0.5) is 5.82 Å². The van der Waals surface area contributed by atoms with Gasteiger partial charge in [0, 0.05) is 11.8 Å². The van der Waals surface area contributed by atoms with E-state index in [9.17, 15) is 9.59 Å². The van der Waals surface area contributed by atoms with Gasteiger partial charge in [-0.25, -0.2) is 4.79 Å². The first kappa shape index (κ1) is 18.7. The Labute approximate surface area is 160 Å². The lowest BCUT2D eigenvalue weighted by Gasteiger charge is -2.16. The van der Waals surface area contributed by atoms with Crippen molar-refractivity contribution >= 4 is 29.5 Å². The molecular weight excluding hydrogens is 364 g/mol. The highest BCUT2D eigenvalue weighted by Crippen LogP contribution is 2.33. The molecule has 2 aromatic carbocycles. The zero-order valence-corrected chi connectivity index (χ0v) is 15.4. The quantitative estimate of drug-likeness (QED) is 0.633. The zero-order valence-electron chi connectivity index (χ0n) is 14.6. The van der Waals surface area contributed by atoms with Crippen LogP contribution in [0.25, 0.3) is 0 Å². The number of nitrogens with one attached hydrogen (secondary N) is 1. The third-order valence-electron chi connectivity index (χ3n) is 3.84. The number of hydrogen-bond acceptors (Lipinski definition) is 5. The highest BCUT2D eigenvalue weighted by molar-refractivity contribution is 7.99. The Bertz CT molecular complexity index is 923. The van der Waals surface area contributed by atoms with E-state index in [1.165, 1.54) is 11.8 Å². The van der Waals surface area contributed by atoms with E-state index in [2.05, 4.69) is 10.5 Å². The van der Waals surface area contributed by atoms with E-state index in [1.807, 2.05) is 30.3 Å². The molecule has 1 atom stereocenters. The molecule has 0 aliphatic heterocycles. The van der Waals surface area contributed by atoms with E-state index >= 15 is 0 Å². The van der Waals surface area contributed by atoms with Crippen molar-refractivity contribution in [2.45, 2.75) is 17.9 Å². The minimum Gasteiger partial charge on any atom is -0.478 e. The Kier molecular flexibility index (Phi) is 5.93. The lowest BCUT2D eigenvalue weighted by Crippen LogP contribution is -2.19. The molecule has 0 saturated heterocycles. The van der Waals surface area contributed by atoms with E-state index in [0.29, 0.717) is 17.3 Å². The topological polar surface area (TPSA) is 92.4 Å². The van der Waals surface area contributed by atoms with E-state index in [0.717, 1.165) is 11.1 Å². The van der Waals surface area contributed by atoms with Crippen LogP contribution in [0.3, 0.4) is 0 Å². The number of aromatic nitrogens is 1. The summed E-state index contributed by atoms with van der Waals surface area (Å²) in [5.74, 6) is 0.406. The lowest BCUT2D eigenvalue weighted by molar-refractivity contribution is -0.115. The zero-order chi connectivity index (χ0) is 19.2. The fourth-order valence-electron chi connectivity index (χ4n) is 2.49. The number of aromatic carboxylic acids is 1. The first-order valence-corrected chi connectivity index (χ1v) is 9.31. The van der Waals surface area contributed by atoms with Crippen molar-refractivity contribution in [3.05, 3.63) is 83.1 Å². The summed E-state index contributed by atoms with van der Waals surface area (Å²) in [4.78, 5) is 23.8. The predicted molar refractivity (Wildman–Crippen MR) is 104 cm³/mol. The molecule has 138 valence electrons. The van der Waals surface area contributed by atoms with Gasteiger partial charge in [-0.05, 0) is 30.2 Å². The number of thioether (sulfide) groups is 1. The summed E-state index contributed by atoms with van der Waals surface area (Å²) in [5.41, 5.74) is 2.06. The molecule has 3 rings (SSSR count). The molecule has 1 heterocycles. The van der Waals surface area contributed by atoms with Crippen LogP contribution in [0.1, 0.15) is 32.5 Å². The molecule has 0 bridgehead atoms. The molecular formula is C20H18N2O4S. The molecule has 1 aromatic heterocycles. The number of carboxylic acid groups (broad SMARTS) is 1. The molecule has 0 saturated carbocycles. The molecule has 1 amide bonds. The summed E-state index contributed by atoms with van der Waals surface area (Å²) in [5, 5.41) is 15.1. The molecule has 0 unspecified atom stereocenters. The third-order valence-corrected chi connectivity index (χ3v) is 5.16. The Balaban J connectivity index is 1.73. The Morgan fingerprint density at radius 3 is 2.44 bits per heavy atom. The molecule has 2 N–H and O–H groups in total. The number of carboxylic acids is 1. The van der Waals surface area contributed by atoms with Crippen molar-refractivity contribution < 1.29 is 19.2 Å². The Morgan fingerprint density at radius 2 is 1.85 bits per heavy atom.